The second-order valence-corrected chi connectivity index (χ2v) is 6.60. The fourth-order valence-electron chi connectivity index (χ4n) is 2.66. The van der Waals surface area contributed by atoms with Crippen LogP contribution in [0.1, 0.15) is 32.3 Å². The molecule has 1 unspecified atom stereocenters. The van der Waals surface area contributed by atoms with Crippen LogP contribution in [0.25, 0.3) is 0 Å². The number of carbonyl (C=O) groups is 1. The van der Waals surface area contributed by atoms with Gasteiger partial charge in [-0.2, -0.15) is 0 Å². The Bertz CT molecular complexity index is 606. The van der Waals surface area contributed by atoms with Crippen molar-refractivity contribution in [2.75, 3.05) is 19.6 Å². The molecule has 1 fully saturated rings. The van der Waals surface area contributed by atoms with Crippen LogP contribution in [0.2, 0.25) is 10.0 Å². The smallest absolute Gasteiger partial charge is 0.222 e. The molecule has 1 atom stereocenters. The van der Waals surface area contributed by atoms with E-state index in [-0.39, 0.29) is 11.9 Å². The lowest BCUT2D eigenvalue weighted by Gasteiger charge is -2.18. The Morgan fingerprint density at radius 1 is 1.38 bits per heavy atom. The summed E-state index contributed by atoms with van der Waals surface area (Å²) >= 11 is 12.1. The van der Waals surface area contributed by atoms with Crippen LogP contribution in [0, 0.1) is 0 Å². The third kappa shape index (κ3) is 5.28. The van der Waals surface area contributed by atoms with Crippen LogP contribution in [0.4, 0.5) is 0 Å². The number of likely N-dealkylation sites (tertiary alicyclic amines) is 1. The van der Waals surface area contributed by atoms with Crippen molar-refractivity contribution in [3.8, 4) is 0 Å². The SMILES string of the molecule is CCNC(=NCc1ccc(Cl)cc1Cl)NC1CCN(C(=O)CC)C1. The van der Waals surface area contributed by atoms with Crippen LogP contribution < -0.4 is 10.6 Å². The summed E-state index contributed by atoms with van der Waals surface area (Å²) < 4.78 is 0. The van der Waals surface area contributed by atoms with Gasteiger partial charge in [0, 0.05) is 42.1 Å². The van der Waals surface area contributed by atoms with Crippen molar-refractivity contribution in [1.29, 1.82) is 0 Å². The van der Waals surface area contributed by atoms with E-state index in [4.69, 9.17) is 23.2 Å². The molecular formula is C17H24Cl2N4O. The first-order valence-electron chi connectivity index (χ1n) is 8.30. The maximum atomic E-state index is 11.8. The molecule has 0 aliphatic carbocycles. The number of aliphatic imine (C=N–C) groups is 1. The Balaban J connectivity index is 1.97. The fraction of sp³-hybridized carbons (Fsp3) is 0.529. The maximum absolute atomic E-state index is 11.8. The highest BCUT2D eigenvalue weighted by Gasteiger charge is 2.25. The molecule has 24 heavy (non-hydrogen) atoms. The van der Waals surface area contributed by atoms with Crippen molar-refractivity contribution >= 4 is 35.1 Å². The first-order chi connectivity index (χ1) is 11.5. The van der Waals surface area contributed by atoms with E-state index in [1.165, 1.54) is 0 Å². The average molecular weight is 371 g/mol. The number of guanidine groups is 1. The van der Waals surface area contributed by atoms with Gasteiger partial charge >= 0.3 is 0 Å². The van der Waals surface area contributed by atoms with Gasteiger partial charge in [-0.1, -0.05) is 36.2 Å². The highest BCUT2D eigenvalue weighted by Crippen LogP contribution is 2.21. The van der Waals surface area contributed by atoms with E-state index in [1.807, 2.05) is 30.9 Å². The summed E-state index contributed by atoms with van der Waals surface area (Å²) in [4.78, 5) is 18.3. The van der Waals surface area contributed by atoms with Crippen LogP contribution in [0.5, 0.6) is 0 Å². The van der Waals surface area contributed by atoms with Crippen molar-refractivity contribution < 1.29 is 4.79 Å². The summed E-state index contributed by atoms with van der Waals surface area (Å²) in [5.74, 6) is 0.938. The van der Waals surface area contributed by atoms with Gasteiger partial charge in [0.05, 0.1) is 6.54 Å². The summed E-state index contributed by atoms with van der Waals surface area (Å²) in [5, 5.41) is 7.87. The van der Waals surface area contributed by atoms with Gasteiger partial charge < -0.3 is 15.5 Å². The normalized spacial score (nSPS) is 17.9. The highest BCUT2D eigenvalue weighted by molar-refractivity contribution is 6.35. The van der Waals surface area contributed by atoms with E-state index in [1.54, 1.807) is 6.07 Å². The minimum atomic E-state index is 0.203. The predicted molar refractivity (Wildman–Crippen MR) is 99.7 cm³/mol. The molecule has 1 aliphatic heterocycles. The zero-order valence-electron chi connectivity index (χ0n) is 14.1. The number of carbonyl (C=O) groups excluding carboxylic acids is 1. The number of nitrogens with one attached hydrogen (secondary N) is 2. The lowest BCUT2D eigenvalue weighted by molar-refractivity contribution is -0.129. The minimum Gasteiger partial charge on any atom is -0.357 e. The van der Waals surface area contributed by atoms with E-state index in [0.717, 1.165) is 37.6 Å². The molecule has 2 rings (SSSR count). The molecule has 1 aromatic carbocycles. The van der Waals surface area contributed by atoms with Gasteiger partial charge in [0.1, 0.15) is 0 Å². The maximum Gasteiger partial charge on any atom is 0.222 e. The second-order valence-electron chi connectivity index (χ2n) is 5.75. The predicted octanol–water partition coefficient (Wildman–Crippen LogP) is 3.06. The summed E-state index contributed by atoms with van der Waals surface area (Å²) in [7, 11) is 0. The average Bonchev–Trinajstić information content (AvgIpc) is 3.02. The molecule has 1 saturated heterocycles. The third-order valence-corrected chi connectivity index (χ3v) is 4.54. The van der Waals surface area contributed by atoms with Gasteiger partial charge in [-0.15, -0.1) is 0 Å². The Hall–Kier alpha value is -1.46. The molecule has 1 heterocycles. The van der Waals surface area contributed by atoms with Gasteiger partial charge in [-0.3, -0.25) is 4.79 Å². The molecule has 0 radical (unpaired) electrons. The molecule has 0 aromatic heterocycles. The van der Waals surface area contributed by atoms with Crippen LogP contribution in [-0.4, -0.2) is 42.4 Å². The summed E-state index contributed by atoms with van der Waals surface area (Å²) in [6, 6.07) is 5.64. The zero-order chi connectivity index (χ0) is 17.5. The molecule has 0 saturated carbocycles. The largest absolute Gasteiger partial charge is 0.357 e. The lowest BCUT2D eigenvalue weighted by Crippen LogP contribution is -2.45. The number of hydrogen-bond acceptors (Lipinski definition) is 2. The van der Waals surface area contributed by atoms with E-state index in [0.29, 0.717) is 23.0 Å². The zero-order valence-corrected chi connectivity index (χ0v) is 15.6. The van der Waals surface area contributed by atoms with Gasteiger partial charge in [-0.25, -0.2) is 4.99 Å². The van der Waals surface area contributed by atoms with Crippen LogP contribution in [0.3, 0.4) is 0 Å². The van der Waals surface area contributed by atoms with Gasteiger partial charge in [-0.05, 0) is 31.0 Å². The van der Waals surface area contributed by atoms with Crippen molar-refractivity contribution in [1.82, 2.24) is 15.5 Å². The van der Waals surface area contributed by atoms with Crippen LogP contribution in [-0.2, 0) is 11.3 Å². The van der Waals surface area contributed by atoms with Gasteiger partial charge in [0.15, 0.2) is 5.96 Å². The van der Waals surface area contributed by atoms with E-state index in [9.17, 15) is 4.79 Å². The Morgan fingerprint density at radius 2 is 2.17 bits per heavy atom. The Morgan fingerprint density at radius 3 is 2.83 bits per heavy atom. The lowest BCUT2D eigenvalue weighted by atomic mass is 10.2. The number of hydrogen-bond donors (Lipinski definition) is 2. The molecule has 7 heteroatoms. The molecule has 2 N–H and O–H groups in total. The van der Waals surface area contributed by atoms with E-state index in [2.05, 4.69) is 15.6 Å². The number of halogens is 2. The van der Waals surface area contributed by atoms with Crippen molar-refractivity contribution in [3.05, 3.63) is 33.8 Å². The minimum absolute atomic E-state index is 0.203. The molecule has 5 nitrogen and oxygen atoms in total. The summed E-state index contributed by atoms with van der Waals surface area (Å²) in [5.41, 5.74) is 0.924. The molecule has 1 aliphatic rings. The standard InChI is InChI=1S/C17H24Cl2N4O/c1-3-16(24)23-8-7-14(11-23)22-17(20-4-2)21-10-12-5-6-13(18)9-15(12)19/h5-6,9,14H,3-4,7-8,10-11H2,1-2H3,(H2,20,21,22). The number of rotatable bonds is 5. The van der Waals surface area contributed by atoms with Crippen molar-refractivity contribution in [2.45, 2.75) is 39.3 Å². The Labute approximate surface area is 153 Å². The van der Waals surface area contributed by atoms with Gasteiger partial charge in [0.25, 0.3) is 0 Å². The van der Waals surface area contributed by atoms with E-state index < -0.39 is 0 Å². The molecule has 1 amide bonds. The number of amides is 1. The van der Waals surface area contributed by atoms with Crippen LogP contribution in [0.15, 0.2) is 23.2 Å². The number of nitrogens with zero attached hydrogens (tertiary/aromatic N) is 2. The Kier molecular flexibility index (Phi) is 7.18. The van der Waals surface area contributed by atoms with E-state index >= 15 is 0 Å². The first kappa shape index (κ1) is 18.9. The molecule has 132 valence electrons. The van der Waals surface area contributed by atoms with Gasteiger partial charge in [0.2, 0.25) is 5.91 Å². The number of benzene rings is 1. The topological polar surface area (TPSA) is 56.7 Å². The van der Waals surface area contributed by atoms with Crippen molar-refractivity contribution in [3.63, 3.8) is 0 Å². The monoisotopic (exact) mass is 370 g/mol. The third-order valence-electron chi connectivity index (χ3n) is 3.95. The molecule has 0 bridgehead atoms. The molecule has 0 spiro atoms. The van der Waals surface area contributed by atoms with Crippen LogP contribution >= 0.6 is 23.2 Å². The first-order valence-corrected chi connectivity index (χ1v) is 9.05. The summed E-state index contributed by atoms with van der Waals surface area (Å²) in [6.07, 6.45) is 1.48. The molecule has 1 aromatic rings. The highest BCUT2D eigenvalue weighted by atomic mass is 35.5. The van der Waals surface area contributed by atoms with Crippen molar-refractivity contribution in [2.24, 2.45) is 4.99 Å². The quantitative estimate of drug-likeness (QED) is 0.618. The molecular weight excluding hydrogens is 347 g/mol. The fourth-order valence-corrected chi connectivity index (χ4v) is 3.12. The second kappa shape index (κ2) is 9.14. The summed E-state index contributed by atoms with van der Waals surface area (Å²) in [6.45, 7) is 6.67.